The summed E-state index contributed by atoms with van der Waals surface area (Å²) in [6.07, 6.45) is 0. The summed E-state index contributed by atoms with van der Waals surface area (Å²) in [6.45, 7) is 3.58. The number of amides is 2. The molecule has 0 saturated carbocycles. The summed E-state index contributed by atoms with van der Waals surface area (Å²) in [6, 6.07) is 14.1. The lowest BCUT2D eigenvalue weighted by Gasteiger charge is -2.09. The molecule has 0 fully saturated rings. The van der Waals surface area contributed by atoms with Gasteiger partial charge in [-0.05, 0) is 55.5 Å². The van der Waals surface area contributed by atoms with Gasteiger partial charge in [-0.3, -0.25) is 9.59 Å². The first-order valence-electron chi connectivity index (χ1n) is 8.76. The number of hydrogen-bond acceptors (Lipinski definition) is 5. The highest BCUT2D eigenvalue weighted by molar-refractivity contribution is 5.96. The summed E-state index contributed by atoms with van der Waals surface area (Å²) in [5.74, 6) is 0.433. The third-order valence-corrected chi connectivity index (χ3v) is 3.64. The van der Waals surface area contributed by atoms with Gasteiger partial charge in [0.15, 0.2) is 0 Å². The number of benzene rings is 2. The molecule has 0 spiro atoms. The fourth-order valence-electron chi connectivity index (χ4n) is 2.30. The van der Waals surface area contributed by atoms with Gasteiger partial charge >= 0.3 is 0 Å². The van der Waals surface area contributed by atoms with Crippen molar-refractivity contribution >= 4 is 23.2 Å². The topological polar surface area (TPSA) is 88.7 Å². The lowest BCUT2D eigenvalue weighted by molar-refractivity contribution is -0.114. The zero-order valence-corrected chi connectivity index (χ0v) is 15.6. The lowest BCUT2D eigenvalue weighted by Crippen LogP contribution is -2.27. The molecule has 0 heterocycles. The molecule has 0 atom stereocenters. The van der Waals surface area contributed by atoms with Crippen molar-refractivity contribution < 1.29 is 19.1 Å². The molecule has 0 aromatic heterocycles. The molecule has 2 aromatic carbocycles. The Morgan fingerprint density at radius 2 is 1.63 bits per heavy atom. The Bertz CT molecular complexity index is 730. The first kappa shape index (κ1) is 20.3. The van der Waals surface area contributed by atoms with E-state index in [1.54, 1.807) is 31.4 Å². The van der Waals surface area contributed by atoms with Gasteiger partial charge in [-0.15, -0.1) is 0 Å². The third kappa shape index (κ3) is 6.99. The maximum atomic E-state index is 12.1. The van der Waals surface area contributed by atoms with E-state index in [2.05, 4.69) is 16.0 Å². The van der Waals surface area contributed by atoms with Crippen LogP contribution in [-0.2, 0) is 9.53 Å². The van der Waals surface area contributed by atoms with Gasteiger partial charge < -0.3 is 25.4 Å². The van der Waals surface area contributed by atoms with Crippen LogP contribution in [0.5, 0.6) is 5.75 Å². The van der Waals surface area contributed by atoms with Gasteiger partial charge in [-0.1, -0.05) is 0 Å². The highest BCUT2D eigenvalue weighted by atomic mass is 16.5. The normalized spacial score (nSPS) is 10.1. The van der Waals surface area contributed by atoms with E-state index in [0.717, 1.165) is 11.4 Å². The summed E-state index contributed by atoms with van der Waals surface area (Å²) in [7, 11) is 1.58. The minimum Gasteiger partial charge on any atom is -0.494 e. The van der Waals surface area contributed by atoms with Crippen molar-refractivity contribution in [1.29, 1.82) is 0 Å². The van der Waals surface area contributed by atoms with Crippen LogP contribution < -0.4 is 20.7 Å². The predicted octanol–water partition coefficient (Wildman–Crippen LogP) is 2.51. The second-order valence-corrected chi connectivity index (χ2v) is 5.69. The molecule has 0 bridgehead atoms. The number of methoxy groups -OCH3 is 1. The minimum absolute atomic E-state index is 0.132. The first-order valence-corrected chi connectivity index (χ1v) is 8.76. The Morgan fingerprint density at radius 3 is 2.26 bits per heavy atom. The summed E-state index contributed by atoms with van der Waals surface area (Å²) >= 11 is 0. The Labute approximate surface area is 159 Å². The van der Waals surface area contributed by atoms with Gasteiger partial charge in [0.25, 0.3) is 5.91 Å². The zero-order valence-electron chi connectivity index (χ0n) is 15.6. The van der Waals surface area contributed by atoms with E-state index in [1.807, 2.05) is 31.2 Å². The number of rotatable bonds is 10. The quantitative estimate of drug-likeness (QED) is 0.559. The predicted molar refractivity (Wildman–Crippen MR) is 105 cm³/mol. The van der Waals surface area contributed by atoms with Crippen LogP contribution in [0.15, 0.2) is 48.5 Å². The lowest BCUT2D eigenvalue weighted by atomic mass is 10.2. The molecule has 27 heavy (non-hydrogen) atoms. The summed E-state index contributed by atoms with van der Waals surface area (Å²) in [4.78, 5) is 24.0. The van der Waals surface area contributed by atoms with Gasteiger partial charge in [0.05, 0.1) is 19.8 Å². The van der Waals surface area contributed by atoms with Gasteiger partial charge in [0, 0.05) is 30.6 Å². The van der Waals surface area contributed by atoms with Crippen molar-refractivity contribution in [3.8, 4) is 5.75 Å². The number of hydrogen-bond donors (Lipinski definition) is 3. The number of carbonyl (C=O) groups is 2. The fourth-order valence-corrected chi connectivity index (χ4v) is 2.30. The van der Waals surface area contributed by atoms with Crippen LogP contribution in [0.25, 0.3) is 0 Å². The number of anilines is 2. The molecule has 2 rings (SSSR count). The molecule has 7 nitrogen and oxygen atoms in total. The SMILES string of the molecule is CCOc1ccc(NCC(=O)Nc2ccc(C(=O)NCCOC)cc2)cc1. The maximum absolute atomic E-state index is 12.1. The largest absolute Gasteiger partial charge is 0.494 e. The van der Waals surface area contributed by atoms with Crippen molar-refractivity contribution in [3.05, 3.63) is 54.1 Å². The second kappa shape index (κ2) is 10.8. The molecule has 7 heteroatoms. The molecule has 0 aliphatic rings. The van der Waals surface area contributed by atoms with Crippen LogP contribution in [0.3, 0.4) is 0 Å². The second-order valence-electron chi connectivity index (χ2n) is 5.69. The monoisotopic (exact) mass is 371 g/mol. The van der Waals surface area contributed by atoms with E-state index in [0.29, 0.717) is 31.0 Å². The number of ether oxygens (including phenoxy) is 2. The van der Waals surface area contributed by atoms with Crippen LogP contribution in [-0.4, -0.2) is 45.2 Å². The minimum atomic E-state index is -0.179. The molecule has 0 aliphatic heterocycles. The standard InChI is InChI=1S/C20H25N3O4/c1-3-27-18-10-8-16(9-11-18)22-14-19(24)23-17-6-4-15(5-7-17)20(25)21-12-13-26-2/h4-11,22H,3,12-14H2,1-2H3,(H,21,25)(H,23,24). The van der Waals surface area contributed by atoms with E-state index < -0.39 is 0 Å². The van der Waals surface area contributed by atoms with Crippen LogP contribution in [0, 0.1) is 0 Å². The molecule has 0 aliphatic carbocycles. The Kier molecular flexibility index (Phi) is 8.12. The van der Waals surface area contributed by atoms with Crippen molar-refractivity contribution in [1.82, 2.24) is 5.32 Å². The van der Waals surface area contributed by atoms with Crippen molar-refractivity contribution in [3.63, 3.8) is 0 Å². The molecular weight excluding hydrogens is 346 g/mol. The number of carbonyl (C=O) groups excluding carboxylic acids is 2. The molecule has 3 N–H and O–H groups in total. The van der Waals surface area contributed by atoms with Gasteiger partial charge in [-0.25, -0.2) is 0 Å². The van der Waals surface area contributed by atoms with E-state index in [1.165, 1.54) is 0 Å². The van der Waals surface area contributed by atoms with Crippen molar-refractivity contribution in [2.75, 3.05) is 44.0 Å². The molecule has 0 radical (unpaired) electrons. The third-order valence-electron chi connectivity index (χ3n) is 3.64. The average Bonchev–Trinajstić information content (AvgIpc) is 2.68. The Hall–Kier alpha value is -3.06. The van der Waals surface area contributed by atoms with E-state index >= 15 is 0 Å². The smallest absolute Gasteiger partial charge is 0.251 e. The zero-order chi connectivity index (χ0) is 19.5. The Balaban J connectivity index is 1.78. The summed E-state index contributed by atoms with van der Waals surface area (Å²) in [5.41, 5.74) is 1.98. The van der Waals surface area contributed by atoms with Crippen molar-refractivity contribution in [2.24, 2.45) is 0 Å². The van der Waals surface area contributed by atoms with Crippen LogP contribution in [0.2, 0.25) is 0 Å². The molecular formula is C20H25N3O4. The molecule has 0 saturated heterocycles. The molecule has 2 aromatic rings. The molecule has 0 unspecified atom stereocenters. The highest BCUT2D eigenvalue weighted by Crippen LogP contribution is 2.15. The van der Waals surface area contributed by atoms with Crippen LogP contribution >= 0.6 is 0 Å². The Morgan fingerprint density at radius 1 is 0.963 bits per heavy atom. The molecule has 144 valence electrons. The van der Waals surface area contributed by atoms with Gasteiger partial charge in [-0.2, -0.15) is 0 Å². The van der Waals surface area contributed by atoms with Crippen molar-refractivity contribution in [2.45, 2.75) is 6.92 Å². The summed E-state index contributed by atoms with van der Waals surface area (Å²) in [5, 5.41) is 8.57. The van der Waals surface area contributed by atoms with E-state index in [9.17, 15) is 9.59 Å². The fraction of sp³-hybridized carbons (Fsp3) is 0.300. The van der Waals surface area contributed by atoms with E-state index in [4.69, 9.17) is 9.47 Å². The first-order chi connectivity index (χ1) is 13.1. The van der Waals surface area contributed by atoms with Crippen LogP contribution in [0.1, 0.15) is 17.3 Å². The summed E-state index contributed by atoms with van der Waals surface area (Å²) < 4.78 is 10.3. The number of nitrogens with one attached hydrogen (secondary N) is 3. The van der Waals surface area contributed by atoms with Gasteiger partial charge in [0.1, 0.15) is 5.75 Å². The maximum Gasteiger partial charge on any atom is 0.251 e. The van der Waals surface area contributed by atoms with Crippen LogP contribution in [0.4, 0.5) is 11.4 Å². The molecule has 2 amide bonds. The van der Waals surface area contributed by atoms with E-state index in [-0.39, 0.29) is 18.4 Å². The highest BCUT2D eigenvalue weighted by Gasteiger charge is 2.06. The average molecular weight is 371 g/mol. The van der Waals surface area contributed by atoms with Gasteiger partial charge in [0.2, 0.25) is 5.91 Å².